The van der Waals surface area contributed by atoms with Gasteiger partial charge in [0.05, 0.1) is 17.6 Å². The summed E-state index contributed by atoms with van der Waals surface area (Å²) in [4.78, 5) is 36.2. The molecule has 1 aromatic heterocycles. The SMILES string of the molecule is COC(=O)c1ccc(/C=C2\SC(=Nc3cccnc3Cl)N(C3CCCCC3)C2=O)cc1. The first-order valence-electron chi connectivity index (χ1n) is 10.2. The number of pyridine rings is 1. The summed E-state index contributed by atoms with van der Waals surface area (Å²) < 4.78 is 4.74. The number of carbonyl (C=O) groups excluding carboxylic acids is 2. The fourth-order valence-corrected chi connectivity index (χ4v) is 4.99. The van der Waals surface area contributed by atoms with E-state index < -0.39 is 5.97 Å². The second-order valence-corrected chi connectivity index (χ2v) is 8.77. The lowest BCUT2D eigenvalue weighted by atomic mass is 9.94. The molecule has 2 heterocycles. The molecule has 1 aromatic carbocycles. The minimum absolute atomic E-state index is 0.0484. The molecular formula is C23H22ClN3O3S. The van der Waals surface area contributed by atoms with Gasteiger partial charge in [-0.2, -0.15) is 0 Å². The van der Waals surface area contributed by atoms with Gasteiger partial charge in [-0.05, 0) is 60.5 Å². The van der Waals surface area contributed by atoms with Crippen LogP contribution < -0.4 is 0 Å². The van der Waals surface area contributed by atoms with E-state index in [2.05, 4.69) is 4.98 Å². The number of hydrogen-bond acceptors (Lipinski definition) is 6. The third-order valence-electron chi connectivity index (χ3n) is 5.36. The third-order valence-corrected chi connectivity index (χ3v) is 6.64. The molecule has 2 aromatic rings. The first-order chi connectivity index (χ1) is 15.1. The summed E-state index contributed by atoms with van der Waals surface area (Å²) in [6.07, 6.45) is 8.78. The topological polar surface area (TPSA) is 71.9 Å². The van der Waals surface area contributed by atoms with Crippen LogP contribution in [0, 0.1) is 0 Å². The molecule has 160 valence electrons. The van der Waals surface area contributed by atoms with E-state index in [0.29, 0.717) is 26.5 Å². The molecule has 1 saturated heterocycles. The van der Waals surface area contributed by atoms with Crippen molar-refractivity contribution in [1.29, 1.82) is 0 Å². The van der Waals surface area contributed by atoms with Gasteiger partial charge < -0.3 is 4.74 Å². The van der Waals surface area contributed by atoms with Gasteiger partial charge in [-0.15, -0.1) is 0 Å². The lowest BCUT2D eigenvalue weighted by Crippen LogP contribution is -2.40. The van der Waals surface area contributed by atoms with Gasteiger partial charge in [-0.25, -0.2) is 14.8 Å². The maximum Gasteiger partial charge on any atom is 0.337 e. The summed E-state index contributed by atoms with van der Waals surface area (Å²) in [7, 11) is 1.35. The highest BCUT2D eigenvalue weighted by molar-refractivity contribution is 8.18. The highest BCUT2D eigenvalue weighted by Gasteiger charge is 2.38. The molecule has 0 spiro atoms. The predicted octanol–water partition coefficient (Wildman–Crippen LogP) is 5.46. The largest absolute Gasteiger partial charge is 0.465 e. The number of hydrogen-bond donors (Lipinski definition) is 0. The van der Waals surface area contributed by atoms with Crippen LogP contribution in [0.25, 0.3) is 6.08 Å². The molecule has 2 aliphatic rings. The van der Waals surface area contributed by atoms with Crippen molar-refractivity contribution in [3.63, 3.8) is 0 Å². The number of nitrogens with zero attached hydrogens (tertiary/aromatic N) is 3. The average molecular weight is 456 g/mol. The normalized spacial score (nSPS) is 19.9. The van der Waals surface area contributed by atoms with Crippen LogP contribution in [0.4, 0.5) is 5.69 Å². The number of benzene rings is 1. The molecule has 1 saturated carbocycles. The molecular weight excluding hydrogens is 434 g/mol. The van der Waals surface area contributed by atoms with E-state index >= 15 is 0 Å². The van der Waals surface area contributed by atoms with Crippen molar-refractivity contribution in [1.82, 2.24) is 9.88 Å². The van der Waals surface area contributed by atoms with Crippen LogP contribution in [0.2, 0.25) is 5.15 Å². The van der Waals surface area contributed by atoms with Crippen LogP contribution in [0.15, 0.2) is 52.5 Å². The number of thioether (sulfide) groups is 1. The Labute approximate surface area is 190 Å². The molecule has 31 heavy (non-hydrogen) atoms. The van der Waals surface area contributed by atoms with Gasteiger partial charge in [0.25, 0.3) is 5.91 Å². The van der Waals surface area contributed by atoms with Crippen LogP contribution >= 0.6 is 23.4 Å². The van der Waals surface area contributed by atoms with Crippen LogP contribution in [-0.2, 0) is 9.53 Å². The van der Waals surface area contributed by atoms with Crippen LogP contribution in [0.3, 0.4) is 0 Å². The summed E-state index contributed by atoms with van der Waals surface area (Å²) in [5.74, 6) is -0.440. The molecule has 4 rings (SSSR count). The summed E-state index contributed by atoms with van der Waals surface area (Å²) in [5, 5.41) is 0.937. The van der Waals surface area contributed by atoms with Crippen molar-refractivity contribution in [2.24, 2.45) is 4.99 Å². The van der Waals surface area contributed by atoms with Crippen molar-refractivity contribution in [2.75, 3.05) is 7.11 Å². The van der Waals surface area contributed by atoms with Gasteiger partial charge in [-0.1, -0.05) is 43.0 Å². The molecule has 8 heteroatoms. The standard InChI is InChI=1S/C23H22ClN3O3S/c1-30-22(29)16-11-9-15(10-12-16)14-19-21(28)27(17-6-3-2-4-7-17)23(31-19)26-18-8-5-13-25-20(18)24/h5,8-14,17H,2-4,6-7H2,1H3/b19-14-,26-23?. The zero-order chi connectivity index (χ0) is 21.8. The Morgan fingerprint density at radius 2 is 1.97 bits per heavy atom. The lowest BCUT2D eigenvalue weighted by molar-refractivity contribution is -0.124. The Hall–Kier alpha value is -2.64. The number of amides is 1. The summed E-state index contributed by atoms with van der Waals surface area (Å²) >= 11 is 7.55. The van der Waals surface area contributed by atoms with Gasteiger partial charge in [0.2, 0.25) is 0 Å². The molecule has 0 unspecified atom stereocenters. The summed E-state index contributed by atoms with van der Waals surface area (Å²) in [5.41, 5.74) is 1.84. The minimum Gasteiger partial charge on any atom is -0.465 e. The minimum atomic E-state index is -0.392. The van der Waals surface area contributed by atoms with Crippen molar-refractivity contribution in [2.45, 2.75) is 38.1 Å². The number of halogens is 1. The monoisotopic (exact) mass is 455 g/mol. The number of esters is 1. The van der Waals surface area contributed by atoms with E-state index in [4.69, 9.17) is 21.3 Å². The molecule has 6 nitrogen and oxygen atoms in total. The van der Waals surface area contributed by atoms with Gasteiger partial charge in [0, 0.05) is 12.2 Å². The Morgan fingerprint density at radius 1 is 1.23 bits per heavy atom. The number of methoxy groups -OCH3 is 1. The molecule has 0 bridgehead atoms. The first-order valence-corrected chi connectivity index (χ1v) is 11.4. The Bertz CT molecular complexity index is 1050. The molecule has 1 amide bonds. The van der Waals surface area contributed by atoms with E-state index in [1.54, 1.807) is 42.6 Å². The molecule has 0 N–H and O–H groups in total. The van der Waals surface area contributed by atoms with E-state index in [9.17, 15) is 9.59 Å². The molecule has 0 atom stereocenters. The highest BCUT2D eigenvalue weighted by atomic mass is 35.5. The van der Waals surface area contributed by atoms with Crippen LogP contribution in [-0.4, -0.2) is 40.1 Å². The second-order valence-electron chi connectivity index (χ2n) is 7.40. The zero-order valence-corrected chi connectivity index (χ0v) is 18.7. The Balaban J connectivity index is 1.67. The maximum absolute atomic E-state index is 13.3. The zero-order valence-electron chi connectivity index (χ0n) is 17.1. The number of aromatic nitrogens is 1. The Morgan fingerprint density at radius 3 is 2.65 bits per heavy atom. The maximum atomic E-state index is 13.3. The third kappa shape index (κ3) is 4.83. The van der Waals surface area contributed by atoms with Crippen molar-refractivity contribution >= 4 is 52.2 Å². The molecule has 1 aliphatic carbocycles. The first kappa shape index (κ1) is 21.6. The van der Waals surface area contributed by atoms with Crippen molar-refractivity contribution in [3.8, 4) is 0 Å². The summed E-state index contributed by atoms with van der Waals surface area (Å²) in [6, 6.07) is 10.7. The second kappa shape index (κ2) is 9.66. The number of ether oxygens (including phenoxy) is 1. The van der Waals surface area contributed by atoms with Crippen molar-refractivity contribution in [3.05, 3.63) is 63.8 Å². The van der Waals surface area contributed by atoms with Crippen LogP contribution in [0.1, 0.15) is 48.0 Å². The lowest BCUT2D eigenvalue weighted by Gasteiger charge is -2.30. The fourth-order valence-electron chi connectivity index (χ4n) is 3.77. The van der Waals surface area contributed by atoms with Crippen LogP contribution in [0.5, 0.6) is 0 Å². The number of carbonyl (C=O) groups is 2. The smallest absolute Gasteiger partial charge is 0.337 e. The van der Waals surface area contributed by atoms with Gasteiger partial charge in [0.15, 0.2) is 10.3 Å². The van der Waals surface area contributed by atoms with E-state index in [1.165, 1.54) is 25.3 Å². The molecule has 0 radical (unpaired) electrons. The number of amidine groups is 1. The Kier molecular flexibility index (Phi) is 6.73. The van der Waals surface area contributed by atoms with E-state index in [-0.39, 0.29) is 11.9 Å². The predicted molar refractivity (Wildman–Crippen MR) is 123 cm³/mol. The van der Waals surface area contributed by atoms with Gasteiger partial charge >= 0.3 is 5.97 Å². The van der Waals surface area contributed by atoms with E-state index in [1.807, 2.05) is 11.0 Å². The number of aliphatic imine (C=N–C) groups is 1. The van der Waals surface area contributed by atoms with Crippen molar-refractivity contribution < 1.29 is 14.3 Å². The van der Waals surface area contributed by atoms with Gasteiger partial charge in [-0.3, -0.25) is 9.69 Å². The molecule has 2 fully saturated rings. The average Bonchev–Trinajstić information content (AvgIpc) is 3.10. The van der Waals surface area contributed by atoms with E-state index in [0.717, 1.165) is 31.2 Å². The quantitative estimate of drug-likeness (QED) is 0.348. The van der Waals surface area contributed by atoms with Gasteiger partial charge in [0.1, 0.15) is 5.69 Å². The molecule has 1 aliphatic heterocycles. The fraction of sp³-hybridized carbons (Fsp3) is 0.304. The summed E-state index contributed by atoms with van der Waals surface area (Å²) in [6.45, 7) is 0. The highest BCUT2D eigenvalue weighted by Crippen LogP contribution is 2.39. The number of rotatable bonds is 4.